The maximum Gasteiger partial charge on any atom is 0.453 e. The largest absolute Gasteiger partial charge is 0.598 e. The summed E-state index contributed by atoms with van der Waals surface area (Å²) in [4.78, 5) is 5.27. The van der Waals surface area contributed by atoms with Gasteiger partial charge in [0.1, 0.15) is 18.2 Å². The molecule has 0 saturated carbocycles. The summed E-state index contributed by atoms with van der Waals surface area (Å²) in [6.07, 6.45) is -2.18. The Hall–Kier alpha value is -1.96. The van der Waals surface area contributed by atoms with Crippen molar-refractivity contribution in [3.05, 3.63) is 41.0 Å². The molecule has 0 bridgehead atoms. The number of alkyl halides is 3. The maximum absolute atomic E-state index is 14.6. The Morgan fingerprint density at radius 2 is 1.76 bits per heavy atom. The molecule has 7 nitrogen and oxygen atoms in total. The zero-order valence-electron chi connectivity index (χ0n) is 18.1. The lowest BCUT2D eigenvalue weighted by atomic mass is 9.90. The molecule has 0 radical (unpaired) electrons. The van der Waals surface area contributed by atoms with Gasteiger partial charge in [0.15, 0.2) is 17.4 Å². The van der Waals surface area contributed by atoms with Crippen LogP contribution in [0, 0.1) is 11.6 Å². The predicted octanol–water partition coefficient (Wildman–Crippen LogP) is 2.85. The van der Waals surface area contributed by atoms with E-state index in [1.165, 1.54) is 19.2 Å². The van der Waals surface area contributed by atoms with Crippen LogP contribution in [0.15, 0.2) is 12.1 Å². The first-order valence-electron chi connectivity index (χ1n) is 10.4. The topological polar surface area (TPSA) is 69.5 Å². The molecule has 1 aromatic carbocycles. The van der Waals surface area contributed by atoms with Gasteiger partial charge in [0.2, 0.25) is 0 Å². The Balaban J connectivity index is 1.32. The molecule has 2 aliphatic heterocycles. The fourth-order valence-corrected chi connectivity index (χ4v) is 4.87. The number of piperidine rings is 1. The molecule has 4 rings (SSSR count). The van der Waals surface area contributed by atoms with Crippen LogP contribution in [0.4, 0.5) is 22.0 Å². The quantitative estimate of drug-likeness (QED) is 0.456. The highest BCUT2D eigenvalue weighted by Crippen LogP contribution is 2.34. The van der Waals surface area contributed by atoms with E-state index < -0.39 is 46.9 Å². The molecule has 2 saturated heterocycles. The van der Waals surface area contributed by atoms with E-state index in [4.69, 9.17) is 4.74 Å². The molecule has 2 aliphatic rings. The number of rotatable bonds is 6. The molecule has 0 N–H and O–H groups in total. The fourth-order valence-electron chi connectivity index (χ4n) is 4.14. The number of ether oxygens (including phenoxy) is 1. The number of hydrogen-bond donors (Lipinski definition) is 0. The summed E-state index contributed by atoms with van der Waals surface area (Å²) < 4.78 is 87.4. The van der Waals surface area contributed by atoms with Gasteiger partial charge in [0.25, 0.3) is 5.82 Å². The molecule has 0 spiro atoms. The summed E-state index contributed by atoms with van der Waals surface area (Å²) in [6.45, 7) is 1.90. The molecule has 2 fully saturated rings. The molecule has 2 aromatic rings. The van der Waals surface area contributed by atoms with Crippen LogP contribution in [-0.4, -0.2) is 67.1 Å². The standard InChI is InChI=1S/C20H24F5N5O2S/c1-28-17(26-19(27-28)20(23,24)25)11-29-9-14(10-29)32-18-15(21)7-13(8-16(18)22)12-3-5-30(6-4-12)33(2)31/h7-8,12,14H,3-6,9-11H2,1-2H3. The Morgan fingerprint density at radius 1 is 1.15 bits per heavy atom. The number of likely N-dealkylation sites (tertiary alicyclic amines) is 1. The highest BCUT2D eigenvalue weighted by atomic mass is 32.2. The van der Waals surface area contributed by atoms with Crippen molar-refractivity contribution in [2.24, 2.45) is 7.05 Å². The van der Waals surface area contributed by atoms with E-state index in [2.05, 4.69) is 10.1 Å². The van der Waals surface area contributed by atoms with Crippen LogP contribution in [0.25, 0.3) is 0 Å². The molecule has 1 atom stereocenters. The smallest absolute Gasteiger partial charge is 0.453 e. The van der Waals surface area contributed by atoms with E-state index in [0.29, 0.717) is 44.6 Å². The van der Waals surface area contributed by atoms with Crippen molar-refractivity contribution in [2.75, 3.05) is 32.4 Å². The monoisotopic (exact) mass is 493 g/mol. The third-order valence-electron chi connectivity index (χ3n) is 5.99. The Morgan fingerprint density at radius 3 is 2.27 bits per heavy atom. The van der Waals surface area contributed by atoms with Crippen LogP contribution in [0.2, 0.25) is 0 Å². The van der Waals surface area contributed by atoms with E-state index in [1.54, 1.807) is 11.2 Å². The van der Waals surface area contributed by atoms with Crippen molar-refractivity contribution in [3.63, 3.8) is 0 Å². The van der Waals surface area contributed by atoms with Crippen molar-refractivity contribution in [1.82, 2.24) is 24.0 Å². The number of halogens is 5. The van der Waals surface area contributed by atoms with Gasteiger partial charge >= 0.3 is 6.18 Å². The Labute approximate surface area is 190 Å². The van der Waals surface area contributed by atoms with Crippen LogP contribution in [0.1, 0.15) is 36.0 Å². The third kappa shape index (κ3) is 5.42. The van der Waals surface area contributed by atoms with Crippen LogP contribution in [0.5, 0.6) is 5.75 Å². The molecule has 13 heteroatoms. The first kappa shape index (κ1) is 24.2. The average Bonchev–Trinajstić information content (AvgIpc) is 3.09. The van der Waals surface area contributed by atoms with Gasteiger partial charge in [0, 0.05) is 44.6 Å². The van der Waals surface area contributed by atoms with E-state index in [0.717, 1.165) is 4.68 Å². The summed E-state index contributed by atoms with van der Waals surface area (Å²) >= 11 is -1.06. The Bertz CT molecular complexity index is 965. The second-order valence-corrected chi connectivity index (χ2v) is 9.71. The minimum absolute atomic E-state index is 0.0185. The van der Waals surface area contributed by atoms with E-state index >= 15 is 0 Å². The van der Waals surface area contributed by atoms with Crippen LogP contribution in [-0.2, 0) is 31.1 Å². The molecule has 3 heterocycles. The summed E-state index contributed by atoms with van der Waals surface area (Å²) in [5, 5.41) is 3.37. The van der Waals surface area contributed by atoms with Gasteiger partial charge in [-0.2, -0.15) is 13.2 Å². The van der Waals surface area contributed by atoms with Gasteiger partial charge in [-0.25, -0.2) is 13.8 Å². The fraction of sp³-hybridized carbons (Fsp3) is 0.600. The lowest BCUT2D eigenvalue weighted by Crippen LogP contribution is -2.53. The predicted molar refractivity (Wildman–Crippen MR) is 110 cm³/mol. The second kappa shape index (κ2) is 9.35. The minimum Gasteiger partial charge on any atom is -0.598 e. The third-order valence-corrected chi connectivity index (χ3v) is 7.08. The molecular weight excluding hydrogens is 469 g/mol. The lowest BCUT2D eigenvalue weighted by molar-refractivity contribution is -0.145. The maximum atomic E-state index is 14.6. The molecule has 182 valence electrons. The zero-order chi connectivity index (χ0) is 23.9. The van der Waals surface area contributed by atoms with E-state index in [-0.39, 0.29) is 18.3 Å². The summed E-state index contributed by atoms with van der Waals surface area (Å²) in [5.74, 6) is -3.10. The van der Waals surface area contributed by atoms with Crippen molar-refractivity contribution in [1.29, 1.82) is 0 Å². The first-order chi connectivity index (χ1) is 15.5. The van der Waals surface area contributed by atoms with Gasteiger partial charge in [-0.15, -0.1) is 9.40 Å². The lowest BCUT2D eigenvalue weighted by Gasteiger charge is -2.38. The highest BCUT2D eigenvalue weighted by Gasteiger charge is 2.38. The van der Waals surface area contributed by atoms with Gasteiger partial charge in [-0.3, -0.25) is 9.58 Å². The number of nitrogens with zero attached hydrogens (tertiary/aromatic N) is 5. The van der Waals surface area contributed by atoms with Crippen molar-refractivity contribution in [3.8, 4) is 5.75 Å². The average molecular weight is 494 g/mol. The summed E-state index contributed by atoms with van der Waals surface area (Å²) in [7, 11) is 1.38. The zero-order valence-corrected chi connectivity index (χ0v) is 18.9. The van der Waals surface area contributed by atoms with Gasteiger partial charge < -0.3 is 9.29 Å². The van der Waals surface area contributed by atoms with Gasteiger partial charge in [-0.1, -0.05) is 0 Å². The van der Waals surface area contributed by atoms with Crippen LogP contribution < -0.4 is 4.74 Å². The Kier molecular flexibility index (Phi) is 6.85. The highest BCUT2D eigenvalue weighted by molar-refractivity contribution is 7.88. The van der Waals surface area contributed by atoms with E-state index in [1.807, 2.05) is 4.31 Å². The second-order valence-electron chi connectivity index (χ2n) is 8.35. The number of aromatic nitrogens is 3. The van der Waals surface area contributed by atoms with Gasteiger partial charge in [-0.05, 0) is 36.5 Å². The van der Waals surface area contributed by atoms with Crippen molar-refractivity contribution < 1.29 is 31.2 Å². The van der Waals surface area contributed by atoms with Crippen LogP contribution >= 0.6 is 0 Å². The number of benzene rings is 1. The van der Waals surface area contributed by atoms with Crippen molar-refractivity contribution in [2.45, 2.75) is 37.6 Å². The molecule has 0 amide bonds. The van der Waals surface area contributed by atoms with E-state index in [9.17, 15) is 26.5 Å². The summed E-state index contributed by atoms with van der Waals surface area (Å²) in [6, 6.07) is 2.58. The normalized spacial score (nSPS) is 20.1. The molecule has 1 aromatic heterocycles. The number of aryl methyl sites for hydroxylation is 1. The SMILES string of the molecule is Cn1nc(C(F)(F)F)nc1CN1CC(Oc2c(F)cc(C3CCN([S+](C)[O-])CC3)cc2F)C1. The van der Waals surface area contributed by atoms with Crippen molar-refractivity contribution >= 4 is 11.4 Å². The number of hydrogen-bond acceptors (Lipinski definition) is 6. The minimum atomic E-state index is -4.62. The molecule has 33 heavy (non-hydrogen) atoms. The molecular formula is C20H24F5N5O2S. The first-order valence-corrected chi connectivity index (χ1v) is 12.0. The molecule has 0 aliphatic carbocycles. The van der Waals surface area contributed by atoms with Crippen LogP contribution in [0.3, 0.4) is 0 Å². The summed E-state index contributed by atoms with van der Waals surface area (Å²) in [5.41, 5.74) is 0.553. The molecule has 1 unspecified atom stereocenters. The van der Waals surface area contributed by atoms with Gasteiger partial charge in [0.05, 0.1) is 6.54 Å².